The summed E-state index contributed by atoms with van der Waals surface area (Å²) in [4.78, 5) is 0. The first kappa shape index (κ1) is 16.8. The van der Waals surface area contributed by atoms with E-state index in [1.807, 2.05) is 0 Å². The van der Waals surface area contributed by atoms with Crippen molar-refractivity contribution < 1.29 is 0 Å². The van der Waals surface area contributed by atoms with E-state index in [0.717, 1.165) is 0 Å². The summed E-state index contributed by atoms with van der Waals surface area (Å²) in [6.07, 6.45) is 0. The average molecular weight is 570 g/mol. The molecule has 2 heterocycles. The van der Waals surface area contributed by atoms with Crippen molar-refractivity contribution in [1.29, 1.82) is 0 Å². The van der Waals surface area contributed by atoms with Gasteiger partial charge in [-0.2, -0.15) is 0 Å². The zero-order valence-corrected chi connectivity index (χ0v) is 18.4. The minimum Gasteiger partial charge on any atom is -0.137 e. The van der Waals surface area contributed by atoms with Crippen LogP contribution >= 0.6 is 67.9 Å². The lowest BCUT2D eigenvalue weighted by Gasteiger charge is -2.06. The van der Waals surface area contributed by atoms with Crippen LogP contribution in [0.3, 0.4) is 0 Å². The molecule has 0 unspecified atom stereocenters. The maximum Gasteiger partial charge on any atom is 0.0731 e. The van der Waals surface area contributed by atoms with Crippen LogP contribution in [-0.2, 0) is 0 Å². The van der Waals surface area contributed by atoms with E-state index in [-0.39, 0.29) is 0 Å². The van der Waals surface area contributed by atoms with E-state index in [2.05, 4.69) is 117 Å². The van der Waals surface area contributed by atoms with Crippen LogP contribution in [0.15, 0.2) is 71.4 Å². The lowest BCUT2D eigenvalue weighted by molar-refractivity contribution is 1.60. The summed E-state index contributed by atoms with van der Waals surface area (Å²) in [7, 11) is 0. The maximum atomic E-state index is 2.41. The largest absolute Gasteiger partial charge is 0.137 e. The number of hydrogen-bond donors (Lipinski definition) is 0. The van der Waals surface area contributed by atoms with Crippen LogP contribution in [0.25, 0.3) is 33.4 Å². The smallest absolute Gasteiger partial charge is 0.0731 e. The highest BCUT2D eigenvalue weighted by Crippen LogP contribution is 2.33. The van der Waals surface area contributed by atoms with Gasteiger partial charge in [-0.3, -0.25) is 0 Å². The van der Waals surface area contributed by atoms with Gasteiger partial charge in [0.15, 0.2) is 0 Å². The SMILES string of the molecule is Ic1sccc1-c1ccc(-c2ccc(-c3ccsc3I)cc2)cc1. The van der Waals surface area contributed by atoms with E-state index in [0.29, 0.717) is 0 Å². The van der Waals surface area contributed by atoms with E-state index < -0.39 is 0 Å². The van der Waals surface area contributed by atoms with Crippen molar-refractivity contribution in [2.24, 2.45) is 0 Å². The van der Waals surface area contributed by atoms with E-state index in [9.17, 15) is 0 Å². The summed E-state index contributed by atoms with van der Waals surface area (Å²) >= 11 is 8.39. The summed E-state index contributed by atoms with van der Waals surface area (Å²) in [6, 6.07) is 22.1. The van der Waals surface area contributed by atoms with Gasteiger partial charge in [-0.05, 0) is 90.3 Å². The molecule has 0 aliphatic rings. The van der Waals surface area contributed by atoms with E-state index >= 15 is 0 Å². The third-order valence-corrected chi connectivity index (χ3v) is 8.05. The minimum atomic E-state index is 1.26. The molecule has 0 N–H and O–H groups in total. The molecule has 0 atom stereocenters. The molecule has 0 spiro atoms. The first-order valence-electron chi connectivity index (χ1n) is 7.39. The Labute approximate surface area is 176 Å². The van der Waals surface area contributed by atoms with Gasteiger partial charge in [-0.25, -0.2) is 0 Å². The van der Waals surface area contributed by atoms with Crippen LogP contribution in [0.2, 0.25) is 0 Å². The molecule has 0 nitrogen and oxygen atoms in total. The van der Waals surface area contributed by atoms with Crippen molar-refractivity contribution in [2.45, 2.75) is 0 Å². The molecule has 0 bridgehead atoms. The number of rotatable bonds is 3. The first-order valence-corrected chi connectivity index (χ1v) is 11.3. The van der Waals surface area contributed by atoms with Crippen molar-refractivity contribution in [1.82, 2.24) is 0 Å². The Balaban J connectivity index is 1.62. The van der Waals surface area contributed by atoms with Gasteiger partial charge in [-0.1, -0.05) is 48.5 Å². The average Bonchev–Trinajstić information content (AvgIpc) is 3.23. The predicted octanol–water partition coefficient (Wildman–Crippen LogP) is 8.02. The number of benzene rings is 2. The molecule has 0 aliphatic carbocycles. The zero-order valence-electron chi connectivity index (χ0n) is 12.5. The highest BCUT2D eigenvalue weighted by atomic mass is 127. The highest BCUT2D eigenvalue weighted by molar-refractivity contribution is 14.1. The molecule has 118 valence electrons. The van der Waals surface area contributed by atoms with Gasteiger partial charge in [0, 0.05) is 11.1 Å². The monoisotopic (exact) mass is 570 g/mol. The molecule has 2 aromatic carbocycles. The molecule has 0 saturated carbocycles. The summed E-state index contributed by atoms with van der Waals surface area (Å²) in [6.45, 7) is 0. The Morgan fingerprint density at radius 1 is 0.458 bits per heavy atom. The number of hydrogen-bond acceptors (Lipinski definition) is 2. The van der Waals surface area contributed by atoms with E-state index in [4.69, 9.17) is 0 Å². The quantitative estimate of drug-likeness (QED) is 0.219. The molecule has 0 aliphatic heterocycles. The maximum absolute atomic E-state index is 2.41. The molecular formula is C20H12I2S2. The Morgan fingerprint density at radius 2 is 0.792 bits per heavy atom. The second-order valence-electron chi connectivity index (χ2n) is 5.37. The topological polar surface area (TPSA) is 0 Å². The highest BCUT2D eigenvalue weighted by Gasteiger charge is 2.07. The second kappa shape index (κ2) is 7.27. The van der Waals surface area contributed by atoms with Gasteiger partial charge in [0.25, 0.3) is 0 Å². The van der Waals surface area contributed by atoms with Crippen LogP contribution in [-0.4, -0.2) is 0 Å². The molecule has 4 aromatic rings. The molecule has 4 heteroatoms. The summed E-state index contributed by atoms with van der Waals surface area (Å²) in [5.41, 5.74) is 7.75. The molecule has 0 amide bonds. The Hall–Kier alpha value is -0.700. The molecular weight excluding hydrogens is 558 g/mol. The fraction of sp³-hybridized carbons (Fsp3) is 0. The molecule has 0 radical (unpaired) electrons. The summed E-state index contributed by atoms with van der Waals surface area (Å²) in [5.74, 6) is 0. The van der Waals surface area contributed by atoms with Gasteiger partial charge in [0.2, 0.25) is 0 Å². The molecule has 4 rings (SSSR count). The normalized spacial score (nSPS) is 10.9. The number of halogens is 2. The third-order valence-electron chi connectivity index (χ3n) is 3.96. The Morgan fingerprint density at radius 3 is 1.08 bits per heavy atom. The number of thiophene rings is 2. The Bertz CT molecular complexity index is 882. The second-order valence-corrected chi connectivity index (χ2v) is 10.8. The van der Waals surface area contributed by atoms with Crippen LogP contribution in [0, 0.1) is 5.77 Å². The zero-order chi connectivity index (χ0) is 16.5. The van der Waals surface area contributed by atoms with E-state index in [1.165, 1.54) is 39.1 Å². The lowest BCUT2D eigenvalue weighted by atomic mass is 10.00. The standard InChI is InChI=1S/C20H12I2S2/c21-19-17(9-11-23-19)15-5-1-13(2-6-15)14-3-7-16(8-4-14)18-10-12-24-20(18)22/h1-12H. The lowest BCUT2D eigenvalue weighted by Crippen LogP contribution is -1.82. The first-order chi connectivity index (χ1) is 11.7. The van der Waals surface area contributed by atoms with Crippen molar-refractivity contribution >= 4 is 67.9 Å². The summed E-state index contributed by atoms with van der Waals surface area (Å²) in [5, 5.41) is 4.30. The van der Waals surface area contributed by atoms with Gasteiger partial charge in [0.1, 0.15) is 0 Å². The van der Waals surface area contributed by atoms with Crippen molar-refractivity contribution in [3.63, 3.8) is 0 Å². The van der Waals surface area contributed by atoms with Crippen LogP contribution in [0.1, 0.15) is 0 Å². The van der Waals surface area contributed by atoms with Crippen LogP contribution in [0.5, 0.6) is 0 Å². The Kier molecular flexibility index (Phi) is 5.08. The van der Waals surface area contributed by atoms with E-state index in [1.54, 1.807) is 22.7 Å². The van der Waals surface area contributed by atoms with Gasteiger partial charge in [0.05, 0.1) is 5.77 Å². The van der Waals surface area contributed by atoms with Gasteiger partial charge < -0.3 is 0 Å². The van der Waals surface area contributed by atoms with Gasteiger partial charge >= 0.3 is 0 Å². The molecule has 0 fully saturated rings. The minimum absolute atomic E-state index is 1.26. The van der Waals surface area contributed by atoms with Crippen molar-refractivity contribution in [2.75, 3.05) is 0 Å². The van der Waals surface area contributed by atoms with Crippen LogP contribution < -0.4 is 0 Å². The van der Waals surface area contributed by atoms with Crippen molar-refractivity contribution in [3.8, 4) is 33.4 Å². The summed E-state index contributed by atoms with van der Waals surface area (Å²) < 4.78 is 2.69. The molecule has 24 heavy (non-hydrogen) atoms. The molecule has 0 saturated heterocycles. The fourth-order valence-corrected chi connectivity index (χ4v) is 5.82. The van der Waals surface area contributed by atoms with Crippen molar-refractivity contribution in [3.05, 3.63) is 77.2 Å². The van der Waals surface area contributed by atoms with Crippen LogP contribution in [0.4, 0.5) is 0 Å². The predicted molar refractivity (Wildman–Crippen MR) is 124 cm³/mol. The third kappa shape index (κ3) is 3.34. The van der Waals surface area contributed by atoms with Gasteiger partial charge in [-0.15, -0.1) is 22.7 Å². The fourth-order valence-electron chi connectivity index (χ4n) is 2.69. The molecule has 2 aromatic heterocycles.